The zero-order valence-electron chi connectivity index (χ0n) is 32.1. The van der Waals surface area contributed by atoms with Gasteiger partial charge in [-0.3, -0.25) is 9.36 Å². The average molecular weight is 848 g/mol. The Hall–Kier alpha value is -5.93. The van der Waals surface area contributed by atoms with E-state index in [9.17, 15) is 32.3 Å². The molecule has 0 aliphatic rings. The molecule has 2 unspecified atom stereocenters. The number of esters is 2. The fourth-order valence-corrected chi connectivity index (χ4v) is 5.58. The third-order valence-corrected chi connectivity index (χ3v) is 8.80. The second-order valence-corrected chi connectivity index (χ2v) is 13.2. The van der Waals surface area contributed by atoms with Crippen molar-refractivity contribution in [2.24, 2.45) is 7.05 Å². The summed E-state index contributed by atoms with van der Waals surface area (Å²) >= 11 is 11.9. The Morgan fingerprint density at radius 3 is 1.90 bits per heavy atom. The molecule has 12 nitrogen and oxygen atoms in total. The van der Waals surface area contributed by atoms with E-state index in [1.165, 1.54) is 38.5 Å². The minimum atomic E-state index is -4.84. The molecule has 2 atom stereocenters. The molecule has 0 saturated carbocycles. The summed E-state index contributed by atoms with van der Waals surface area (Å²) in [6.07, 6.45) is -5.59. The van der Waals surface area contributed by atoms with Gasteiger partial charge in [0.05, 0.1) is 24.9 Å². The van der Waals surface area contributed by atoms with E-state index in [0.717, 1.165) is 19.0 Å². The second-order valence-electron chi connectivity index (χ2n) is 12.3. The zero-order valence-corrected chi connectivity index (χ0v) is 33.6. The number of methoxy groups -OCH3 is 2. The van der Waals surface area contributed by atoms with Gasteiger partial charge >= 0.3 is 23.8 Å². The third kappa shape index (κ3) is 11.8. The highest BCUT2D eigenvalue weighted by molar-refractivity contribution is 6.35. The van der Waals surface area contributed by atoms with Gasteiger partial charge in [-0.25, -0.2) is 19.0 Å². The summed E-state index contributed by atoms with van der Waals surface area (Å²) in [5.41, 5.74) is -1.80. The number of hydrogen-bond acceptors (Lipinski definition) is 10. The first-order valence-electron chi connectivity index (χ1n) is 17.4. The zero-order chi connectivity index (χ0) is 42.7. The van der Waals surface area contributed by atoms with Crippen LogP contribution in [-0.2, 0) is 45.3 Å². The molecule has 0 aliphatic carbocycles. The molecule has 17 heteroatoms. The average Bonchev–Trinajstić information content (AvgIpc) is 3.20. The second kappa shape index (κ2) is 20.0. The molecule has 0 saturated heterocycles. The van der Waals surface area contributed by atoms with E-state index in [2.05, 4.69) is 4.74 Å². The number of nitrogens with zero attached hydrogens (tertiary/aromatic N) is 2. The molecule has 58 heavy (non-hydrogen) atoms. The van der Waals surface area contributed by atoms with Crippen LogP contribution in [0.4, 0.5) is 13.2 Å². The monoisotopic (exact) mass is 846 g/mol. The highest BCUT2D eigenvalue weighted by Gasteiger charge is 2.35. The first kappa shape index (κ1) is 44.8. The molecular weight excluding hydrogens is 808 g/mol. The van der Waals surface area contributed by atoms with Crippen molar-refractivity contribution in [2.45, 2.75) is 52.2 Å². The predicted molar refractivity (Wildman–Crippen MR) is 210 cm³/mol. The third-order valence-electron chi connectivity index (χ3n) is 8.27. The van der Waals surface area contributed by atoms with Crippen molar-refractivity contribution in [3.05, 3.63) is 139 Å². The van der Waals surface area contributed by atoms with Crippen molar-refractivity contribution in [1.29, 1.82) is 0 Å². The van der Waals surface area contributed by atoms with Gasteiger partial charge in [-0.15, -0.1) is 0 Å². The van der Waals surface area contributed by atoms with Gasteiger partial charge in [0.2, 0.25) is 0 Å². The summed E-state index contributed by atoms with van der Waals surface area (Å²) in [7, 11) is 3.53. The van der Waals surface area contributed by atoms with Crippen LogP contribution in [0.3, 0.4) is 0 Å². The number of ether oxygens (including phenoxy) is 6. The van der Waals surface area contributed by atoms with Gasteiger partial charge in [0.15, 0.2) is 12.2 Å². The van der Waals surface area contributed by atoms with Crippen LogP contribution in [0.25, 0.3) is 5.69 Å². The van der Waals surface area contributed by atoms with Gasteiger partial charge in [0, 0.05) is 23.7 Å². The van der Waals surface area contributed by atoms with Crippen molar-refractivity contribution >= 4 is 35.1 Å². The number of carbonyl (C=O) groups excluding carboxylic acids is 2. The summed E-state index contributed by atoms with van der Waals surface area (Å²) < 4.78 is 72.2. The molecule has 1 heterocycles. The quantitative estimate of drug-likeness (QED) is 0.107. The molecule has 5 rings (SSSR count). The van der Waals surface area contributed by atoms with Gasteiger partial charge in [-0.2, -0.15) is 13.2 Å². The molecule has 0 radical (unpaired) electrons. The van der Waals surface area contributed by atoms with Gasteiger partial charge in [-0.05, 0) is 98.6 Å². The lowest BCUT2D eigenvalue weighted by Gasteiger charge is -2.17. The molecule has 308 valence electrons. The van der Waals surface area contributed by atoms with E-state index in [-0.39, 0.29) is 12.3 Å². The van der Waals surface area contributed by atoms with Crippen molar-refractivity contribution in [3.63, 3.8) is 0 Å². The Morgan fingerprint density at radius 2 is 1.33 bits per heavy atom. The first-order chi connectivity index (χ1) is 27.4. The molecular formula is C41H39Cl2F3N2O10. The number of benzene rings is 4. The van der Waals surface area contributed by atoms with Gasteiger partial charge in [0.1, 0.15) is 41.0 Å². The standard InChI is InChI=1S/C25H25F3N2O6.C16H14Cl2O4/c1-5-16-6-7-17(20(12-16)36-15(2)23(32)34-4)14-35-19-10-8-18(9-11-19)30-22(31)13-21(25(26,27)28)29(3)24(30)33;1-10(16(19)20-2)21-12-4-6-13(7-5-12)22-15-8-3-11(17)9-14(15)18/h6-13,15H,5,14H2,1-4H3;3-10H,1-2H3. The lowest BCUT2D eigenvalue weighted by atomic mass is 10.1. The first-order valence-corrected chi connectivity index (χ1v) is 18.2. The van der Waals surface area contributed by atoms with E-state index in [0.29, 0.717) is 59.6 Å². The van der Waals surface area contributed by atoms with Crippen LogP contribution in [0, 0.1) is 0 Å². The van der Waals surface area contributed by atoms with Crippen LogP contribution in [-0.4, -0.2) is 47.5 Å². The van der Waals surface area contributed by atoms with Crippen LogP contribution in [0.1, 0.15) is 37.6 Å². The van der Waals surface area contributed by atoms with Crippen LogP contribution < -0.4 is 30.2 Å². The number of carbonyl (C=O) groups is 2. The Bertz CT molecular complexity index is 2330. The Labute approximate surface area is 341 Å². The van der Waals surface area contributed by atoms with E-state index in [1.54, 1.807) is 56.3 Å². The molecule has 0 aliphatic heterocycles. The predicted octanol–water partition coefficient (Wildman–Crippen LogP) is 8.36. The van der Waals surface area contributed by atoms with Crippen LogP contribution in [0.15, 0.2) is 101 Å². The summed E-state index contributed by atoms with van der Waals surface area (Å²) in [5, 5.41) is 0.963. The molecule has 0 fully saturated rings. The van der Waals surface area contributed by atoms with Crippen molar-refractivity contribution < 1.29 is 51.2 Å². The molecule has 1 aromatic heterocycles. The van der Waals surface area contributed by atoms with Crippen LogP contribution in [0.2, 0.25) is 10.0 Å². The van der Waals surface area contributed by atoms with Crippen LogP contribution in [0.5, 0.6) is 28.7 Å². The van der Waals surface area contributed by atoms with E-state index < -0.39 is 47.3 Å². The molecule has 0 bridgehead atoms. The Morgan fingerprint density at radius 1 is 0.741 bits per heavy atom. The number of hydrogen-bond donors (Lipinski definition) is 0. The van der Waals surface area contributed by atoms with Crippen molar-refractivity contribution in [1.82, 2.24) is 9.13 Å². The van der Waals surface area contributed by atoms with Crippen molar-refractivity contribution in [3.8, 4) is 34.4 Å². The Balaban J connectivity index is 0.000000289. The number of aryl methyl sites for hydroxylation is 1. The number of alkyl halides is 3. The van der Waals surface area contributed by atoms with Crippen LogP contribution >= 0.6 is 23.2 Å². The summed E-state index contributed by atoms with van der Waals surface area (Å²) in [6, 6.07) is 23.5. The van der Waals surface area contributed by atoms with Crippen molar-refractivity contribution in [2.75, 3.05) is 14.2 Å². The fraction of sp³-hybridized carbons (Fsp3) is 0.268. The molecule has 4 aromatic carbocycles. The normalized spacial score (nSPS) is 12.0. The molecule has 0 amide bonds. The lowest BCUT2D eigenvalue weighted by molar-refractivity contribution is -0.148. The highest BCUT2D eigenvalue weighted by Crippen LogP contribution is 2.32. The maximum absolute atomic E-state index is 13.1. The minimum Gasteiger partial charge on any atom is -0.489 e. The highest BCUT2D eigenvalue weighted by atomic mass is 35.5. The topological polar surface area (TPSA) is 134 Å². The van der Waals surface area contributed by atoms with Gasteiger partial charge < -0.3 is 28.4 Å². The van der Waals surface area contributed by atoms with Gasteiger partial charge in [0.25, 0.3) is 5.56 Å². The smallest absolute Gasteiger partial charge is 0.431 e. The van der Waals surface area contributed by atoms with Gasteiger partial charge in [-0.1, -0.05) is 42.3 Å². The number of aromatic nitrogens is 2. The number of rotatable bonds is 13. The summed E-state index contributed by atoms with van der Waals surface area (Å²) in [5.74, 6) is 1.50. The minimum absolute atomic E-state index is 0.0779. The Kier molecular flexibility index (Phi) is 15.4. The van der Waals surface area contributed by atoms with E-state index in [1.807, 2.05) is 25.1 Å². The summed E-state index contributed by atoms with van der Waals surface area (Å²) in [6.45, 7) is 5.25. The van der Waals surface area contributed by atoms with E-state index >= 15 is 0 Å². The number of halogens is 5. The fourth-order valence-electron chi connectivity index (χ4n) is 5.13. The lowest BCUT2D eigenvalue weighted by Crippen LogP contribution is -2.40. The largest absolute Gasteiger partial charge is 0.489 e. The molecule has 0 N–H and O–H groups in total. The molecule has 0 spiro atoms. The maximum atomic E-state index is 13.1. The molecule has 5 aromatic rings. The SMILES string of the molecule is CCc1ccc(COc2ccc(-n3c(=O)cc(C(F)(F)F)n(C)c3=O)cc2)c(OC(C)C(=O)OC)c1.COC(=O)C(C)Oc1ccc(Oc2ccc(Cl)cc2Cl)cc1. The maximum Gasteiger partial charge on any atom is 0.431 e. The van der Waals surface area contributed by atoms with E-state index in [4.69, 9.17) is 46.9 Å². The summed E-state index contributed by atoms with van der Waals surface area (Å²) in [4.78, 5) is 47.8.